The topological polar surface area (TPSA) is 29.0 Å². The maximum absolute atomic E-state index is 4.68. The quantitative estimate of drug-likeness (QED) is 0.633. The lowest BCUT2D eigenvalue weighted by Crippen LogP contribution is -2.29. The summed E-state index contributed by atoms with van der Waals surface area (Å²) in [6.07, 6.45) is 5.67. The summed E-state index contributed by atoms with van der Waals surface area (Å²) in [5.41, 5.74) is 2.79. The first-order valence-electron chi connectivity index (χ1n) is 7.97. The van der Waals surface area contributed by atoms with Crippen molar-refractivity contribution in [3.63, 3.8) is 0 Å². The Labute approximate surface area is 140 Å². The number of rotatable bonds is 1. The molecular weight excluding hydrogens is 302 g/mol. The van der Waals surface area contributed by atoms with E-state index >= 15 is 0 Å². The molecule has 1 aromatic carbocycles. The van der Waals surface area contributed by atoms with Gasteiger partial charge in [-0.2, -0.15) is 4.98 Å². The Bertz CT molecular complexity index is 868. The first kappa shape index (κ1) is 14.2. The summed E-state index contributed by atoms with van der Waals surface area (Å²) < 4.78 is 1.12. The van der Waals surface area contributed by atoms with Crippen LogP contribution in [0.4, 0.5) is 5.13 Å². The molecule has 0 amide bonds. The predicted octanol–water partition coefficient (Wildman–Crippen LogP) is 4.08. The van der Waals surface area contributed by atoms with Gasteiger partial charge in [0.2, 0.25) is 0 Å². The number of piperidine rings is 1. The molecule has 4 heteroatoms. The number of benzene rings is 1. The van der Waals surface area contributed by atoms with Crippen LogP contribution in [-0.4, -0.2) is 23.1 Å². The van der Waals surface area contributed by atoms with E-state index in [-0.39, 0.29) is 0 Å². The van der Waals surface area contributed by atoms with Crippen molar-refractivity contribution in [1.29, 1.82) is 0 Å². The molecule has 0 unspecified atom stereocenters. The summed E-state index contributed by atoms with van der Waals surface area (Å²) in [7, 11) is 0. The van der Waals surface area contributed by atoms with E-state index in [0.717, 1.165) is 39.7 Å². The average Bonchev–Trinajstić information content (AvgIpc) is 3.05. The second-order valence-corrected chi connectivity index (χ2v) is 6.72. The van der Waals surface area contributed by atoms with E-state index in [0.29, 0.717) is 0 Å². The molecule has 0 bridgehead atoms. The van der Waals surface area contributed by atoms with Crippen LogP contribution in [-0.2, 0) is 0 Å². The maximum Gasteiger partial charge on any atom is 0.188 e. The minimum Gasteiger partial charge on any atom is -0.348 e. The van der Waals surface area contributed by atoms with Crippen LogP contribution in [0.1, 0.15) is 30.4 Å². The zero-order chi connectivity index (χ0) is 15.5. The fourth-order valence-electron chi connectivity index (χ4n) is 2.76. The Hall–Kier alpha value is -2.38. The molecule has 23 heavy (non-hydrogen) atoms. The van der Waals surface area contributed by atoms with E-state index < -0.39 is 0 Å². The largest absolute Gasteiger partial charge is 0.348 e. The van der Waals surface area contributed by atoms with E-state index in [1.165, 1.54) is 19.3 Å². The molecule has 114 valence electrons. The van der Waals surface area contributed by atoms with E-state index in [9.17, 15) is 0 Å². The molecule has 2 aromatic heterocycles. The van der Waals surface area contributed by atoms with Crippen molar-refractivity contribution < 1.29 is 0 Å². The van der Waals surface area contributed by atoms with Gasteiger partial charge < -0.3 is 4.90 Å². The van der Waals surface area contributed by atoms with Gasteiger partial charge in [-0.05, 0) is 37.5 Å². The summed E-state index contributed by atoms with van der Waals surface area (Å²) in [6, 6.07) is 12.1. The van der Waals surface area contributed by atoms with Gasteiger partial charge in [-0.1, -0.05) is 41.4 Å². The highest BCUT2D eigenvalue weighted by molar-refractivity contribution is 7.22. The number of anilines is 1. The highest BCUT2D eigenvalue weighted by Gasteiger charge is 2.15. The lowest BCUT2D eigenvalue weighted by atomic mass is 10.1. The van der Waals surface area contributed by atoms with E-state index in [1.54, 1.807) is 11.3 Å². The lowest BCUT2D eigenvalue weighted by Gasteiger charge is -2.25. The molecule has 1 fully saturated rings. The molecule has 4 rings (SSSR count). The van der Waals surface area contributed by atoms with Crippen LogP contribution in [0.15, 0.2) is 42.6 Å². The minimum absolute atomic E-state index is 0.834. The fourth-order valence-corrected chi connectivity index (χ4v) is 3.78. The van der Waals surface area contributed by atoms with Crippen LogP contribution in [0.3, 0.4) is 0 Å². The highest BCUT2D eigenvalue weighted by Crippen LogP contribution is 2.29. The fraction of sp³-hybridized carbons (Fsp3) is 0.263. The van der Waals surface area contributed by atoms with Crippen molar-refractivity contribution in [2.45, 2.75) is 19.3 Å². The zero-order valence-electron chi connectivity index (χ0n) is 12.8. The number of thiazole rings is 1. The van der Waals surface area contributed by atoms with Gasteiger partial charge in [0.15, 0.2) is 10.8 Å². The van der Waals surface area contributed by atoms with E-state index in [2.05, 4.69) is 32.8 Å². The summed E-state index contributed by atoms with van der Waals surface area (Å²) in [4.78, 5) is 11.5. The molecule has 0 aliphatic carbocycles. The molecule has 1 aliphatic rings. The molecule has 0 radical (unpaired) electrons. The third-order valence-corrected chi connectivity index (χ3v) is 5.04. The summed E-state index contributed by atoms with van der Waals surface area (Å²) in [6.45, 7) is 2.22. The number of nitrogens with zero attached hydrogens (tertiary/aromatic N) is 3. The molecule has 1 aliphatic heterocycles. The van der Waals surface area contributed by atoms with Gasteiger partial charge in [0.05, 0.1) is 4.70 Å². The van der Waals surface area contributed by atoms with Crippen LogP contribution in [0.2, 0.25) is 0 Å². The lowest BCUT2D eigenvalue weighted by molar-refractivity contribution is 0.577. The van der Waals surface area contributed by atoms with Gasteiger partial charge in [0.1, 0.15) is 0 Å². The van der Waals surface area contributed by atoms with Gasteiger partial charge >= 0.3 is 0 Å². The van der Waals surface area contributed by atoms with Gasteiger partial charge in [-0.15, -0.1) is 0 Å². The molecule has 0 N–H and O–H groups in total. The molecule has 1 saturated heterocycles. The van der Waals surface area contributed by atoms with Gasteiger partial charge in [-0.25, -0.2) is 4.98 Å². The first-order valence-corrected chi connectivity index (χ1v) is 8.79. The standard InChI is InChI=1S/C19H17N3S/c1-3-7-15(8-4-1)9-10-16-13-17-18(20-14-16)21-19(23-17)22-11-5-2-6-12-22/h1,3-4,7-8,13-14H,2,5-6,11-12H2. The molecular formula is C19H17N3S. The number of hydrogen-bond donors (Lipinski definition) is 0. The second kappa shape index (κ2) is 6.39. The van der Waals surface area contributed by atoms with Gasteiger partial charge in [0, 0.05) is 30.4 Å². The van der Waals surface area contributed by atoms with Crippen LogP contribution in [0.5, 0.6) is 0 Å². The second-order valence-electron chi connectivity index (χ2n) is 5.71. The number of fused-ring (bicyclic) bond motifs is 1. The van der Waals surface area contributed by atoms with E-state index in [1.807, 2.05) is 36.5 Å². The third kappa shape index (κ3) is 3.20. The van der Waals surface area contributed by atoms with Crippen molar-refractivity contribution in [1.82, 2.24) is 9.97 Å². The van der Waals surface area contributed by atoms with E-state index in [4.69, 9.17) is 0 Å². The molecule has 3 heterocycles. The Morgan fingerprint density at radius 3 is 2.57 bits per heavy atom. The highest BCUT2D eigenvalue weighted by atomic mass is 32.1. The Kier molecular flexibility index (Phi) is 3.95. The summed E-state index contributed by atoms with van der Waals surface area (Å²) in [5.74, 6) is 6.37. The molecule has 3 nitrogen and oxygen atoms in total. The van der Waals surface area contributed by atoms with Crippen LogP contribution >= 0.6 is 11.3 Å². The van der Waals surface area contributed by atoms with Crippen molar-refractivity contribution in [2.24, 2.45) is 0 Å². The van der Waals surface area contributed by atoms with Crippen LogP contribution in [0, 0.1) is 11.8 Å². The van der Waals surface area contributed by atoms with Crippen molar-refractivity contribution in [2.75, 3.05) is 18.0 Å². The van der Waals surface area contributed by atoms with Gasteiger partial charge in [0.25, 0.3) is 0 Å². The Morgan fingerprint density at radius 2 is 1.74 bits per heavy atom. The number of hydrogen-bond acceptors (Lipinski definition) is 4. The van der Waals surface area contributed by atoms with Crippen LogP contribution < -0.4 is 4.90 Å². The average molecular weight is 319 g/mol. The SMILES string of the molecule is C(#Cc1cnc2nc(N3CCCCC3)sc2c1)c1ccccc1. The molecule has 3 aromatic rings. The maximum atomic E-state index is 4.68. The number of aromatic nitrogens is 2. The van der Waals surface area contributed by atoms with Crippen LogP contribution in [0.25, 0.3) is 10.3 Å². The predicted molar refractivity (Wildman–Crippen MR) is 95.9 cm³/mol. The molecule has 0 atom stereocenters. The molecule has 0 spiro atoms. The zero-order valence-corrected chi connectivity index (χ0v) is 13.6. The third-order valence-electron chi connectivity index (χ3n) is 3.99. The molecule has 0 saturated carbocycles. The smallest absolute Gasteiger partial charge is 0.188 e. The summed E-state index contributed by atoms with van der Waals surface area (Å²) in [5, 5.41) is 1.10. The first-order chi connectivity index (χ1) is 11.4. The van der Waals surface area contributed by atoms with Crippen molar-refractivity contribution in [3.05, 3.63) is 53.7 Å². The summed E-state index contributed by atoms with van der Waals surface area (Å²) >= 11 is 1.72. The monoisotopic (exact) mass is 319 g/mol. The minimum atomic E-state index is 0.834. The van der Waals surface area contributed by atoms with Gasteiger partial charge in [-0.3, -0.25) is 0 Å². The van der Waals surface area contributed by atoms with Crippen molar-refractivity contribution >= 4 is 26.8 Å². The normalized spacial score (nSPS) is 14.5. The number of pyridine rings is 1. The van der Waals surface area contributed by atoms with Crippen molar-refractivity contribution in [3.8, 4) is 11.8 Å². The Morgan fingerprint density at radius 1 is 0.957 bits per heavy atom. The Balaban J connectivity index is 1.62.